The Kier molecular flexibility index (Phi) is 8.14. The predicted octanol–water partition coefficient (Wildman–Crippen LogP) is 5.05. The molecular formula is C18H27ClN2O5. The monoisotopic (exact) mass is 386 g/mol. The molecule has 0 saturated carbocycles. The Hall–Kier alpha value is -2.02. The minimum Gasteiger partial charge on any atom is -0.483 e. The molecule has 146 valence electrons. The maximum atomic E-state index is 12.0. The molecule has 1 aromatic rings. The van der Waals surface area contributed by atoms with Gasteiger partial charge in [-0.25, -0.2) is 4.79 Å². The van der Waals surface area contributed by atoms with Crippen LogP contribution in [0.15, 0.2) is 18.2 Å². The number of ether oxygens (including phenoxy) is 2. The van der Waals surface area contributed by atoms with Crippen LogP contribution in [-0.2, 0) is 4.74 Å². The van der Waals surface area contributed by atoms with Gasteiger partial charge in [0.15, 0.2) is 5.75 Å². The molecule has 8 heteroatoms. The number of carbonyl (C=O) groups is 1. The average Bonchev–Trinajstić information content (AvgIpc) is 2.57. The number of nitrogens with zero attached hydrogens (tertiary/aromatic N) is 2. The number of hydrogen-bond acceptors (Lipinski definition) is 5. The number of rotatable bonds is 3. The number of piperidine rings is 1. The van der Waals surface area contributed by atoms with Crippen LogP contribution < -0.4 is 4.74 Å². The van der Waals surface area contributed by atoms with Crippen LogP contribution in [0.3, 0.4) is 0 Å². The summed E-state index contributed by atoms with van der Waals surface area (Å²) >= 11 is 5.79. The van der Waals surface area contributed by atoms with Gasteiger partial charge >= 0.3 is 11.8 Å². The fraction of sp³-hybridized carbons (Fsp3) is 0.611. The zero-order chi connectivity index (χ0) is 19.9. The molecule has 0 N–H and O–H groups in total. The highest BCUT2D eigenvalue weighted by Crippen LogP contribution is 2.32. The maximum absolute atomic E-state index is 12.0. The molecule has 0 radical (unpaired) electrons. The third-order valence-corrected chi connectivity index (χ3v) is 3.74. The maximum Gasteiger partial charge on any atom is 0.410 e. The standard InChI is InChI=1S/C16H21ClN2O5.C2H6/c1-16(2,3)24-15(20)18-8-6-12(7-9-18)23-14-5-4-11(17)10-13(14)19(21)22;1-2/h4-5,10,12H,6-9H2,1-3H3;1-2H3. The van der Waals surface area contributed by atoms with Crippen LogP contribution in [-0.4, -0.2) is 40.7 Å². The second kappa shape index (κ2) is 9.62. The van der Waals surface area contributed by atoms with Crippen LogP contribution in [0.25, 0.3) is 0 Å². The highest BCUT2D eigenvalue weighted by molar-refractivity contribution is 6.30. The lowest BCUT2D eigenvalue weighted by Crippen LogP contribution is -2.44. The van der Waals surface area contributed by atoms with Crippen LogP contribution in [0.2, 0.25) is 5.02 Å². The molecule has 0 unspecified atom stereocenters. The van der Waals surface area contributed by atoms with Crippen molar-refractivity contribution in [3.05, 3.63) is 33.3 Å². The number of carbonyl (C=O) groups excluding carboxylic acids is 1. The van der Waals surface area contributed by atoms with E-state index in [1.165, 1.54) is 12.1 Å². The van der Waals surface area contributed by atoms with Crippen LogP contribution in [0.5, 0.6) is 5.75 Å². The van der Waals surface area contributed by atoms with Crippen molar-refractivity contribution in [2.24, 2.45) is 0 Å². The largest absolute Gasteiger partial charge is 0.483 e. The molecule has 0 aliphatic carbocycles. The predicted molar refractivity (Wildman–Crippen MR) is 101 cm³/mol. The van der Waals surface area contributed by atoms with E-state index >= 15 is 0 Å². The van der Waals surface area contributed by atoms with E-state index in [1.54, 1.807) is 11.0 Å². The summed E-state index contributed by atoms with van der Waals surface area (Å²) in [7, 11) is 0. The molecule has 1 fully saturated rings. The van der Waals surface area contributed by atoms with Gasteiger partial charge < -0.3 is 14.4 Å². The molecule has 1 aromatic carbocycles. The minimum absolute atomic E-state index is 0.155. The molecule has 0 aromatic heterocycles. The molecule has 1 aliphatic rings. The minimum atomic E-state index is -0.533. The molecule has 1 amide bonds. The Labute approximate surface area is 159 Å². The van der Waals surface area contributed by atoms with Crippen LogP contribution in [0.1, 0.15) is 47.5 Å². The molecule has 0 spiro atoms. The summed E-state index contributed by atoms with van der Waals surface area (Å²) in [5.41, 5.74) is -0.689. The number of amides is 1. The van der Waals surface area contributed by atoms with Crippen molar-refractivity contribution >= 4 is 23.4 Å². The Morgan fingerprint density at radius 2 is 1.85 bits per heavy atom. The summed E-state index contributed by atoms with van der Waals surface area (Å²) in [6.45, 7) is 10.4. The number of nitro benzene ring substituents is 1. The summed E-state index contributed by atoms with van der Waals surface area (Å²) in [5.74, 6) is 0.195. The average molecular weight is 387 g/mol. The van der Waals surface area contributed by atoms with Crippen molar-refractivity contribution in [1.82, 2.24) is 4.90 Å². The number of halogens is 1. The third kappa shape index (κ3) is 6.71. The van der Waals surface area contributed by atoms with Crippen LogP contribution in [0.4, 0.5) is 10.5 Å². The fourth-order valence-corrected chi connectivity index (χ4v) is 2.56. The third-order valence-electron chi connectivity index (χ3n) is 3.50. The van der Waals surface area contributed by atoms with E-state index in [4.69, 9.17) is 21.1 Å². The SMILES string of the molecule is CC.CC(C)(C)OC(=O)N1CCC(Oc2ccc(Cl)cc2[N+](=O)[O-])CC1. The molecule has 1 saturated heterocycles. The Morgan fingerprint density at radius 1 is 1.27 bits per heavy atom. The zero-order valence-corrected chi connectivity index (χ0v) is 16.7. The first-order chi connectivity index (χ1) is 12.2. The normalized spacial score (nSPS) is 14.9. The molecule has 0 atom stereocenters. The van der Waals surface area contributed by atoms with Gasteiger partial charge in [-0.15, -0.1) is 0 Å². The highest BCUT2D eigenvalue weighted by Gasteiger charge is 2.29. The van der Waals surface area contributed by atoms with E-state index in [0.29, 0.717) is 25.9 Å². The Morgan fingerprint density at radius 3 is 2.35 bits per heavy atom. The van der Waals surface area contributed by atoms with Crippen molar-refractivity contribution < 1.29 is 19.2 Å². The van der Waals surface area contributed by atoms with Gasteiger partial charge in [0, 0.05) is 37.0 Å². The van der Waals surface area contributed by atoms with Crippen molar-refractivity contribution in [2.45, 2.75) is 59.2 Å². The lowest BCUT2D eigenvalue weighted by atomic mass is 10.1. The highest BCUT2D eigenvalue weighted by atomic mass is 35.5. The fourth-order valence-electron chi connectivity index (χ4n) is 2.40. The van der Waals surface area contributed by atoms with Gasteiger partial charge in [0.05, 0.1) is 4.92 Å². The van der Waals surface area contributed by atoms with E-state index < -0.39 is 10.5 Å². The topological polar surface area (TPSA) is 81.9 Å². The Balaban J connectivity index is 0.00000163. The molecule has 7 nitrogen and oxygen atoms in total. The molecule has 2 rings (SSSR count). The van der Waals surface area contributed by atoms with Crippen LogP contribution >= 0.6 is 11.6 Å². The lowest BCUT2D eigenvalue weighted by Gasteiger charge is -2.33. The van der Waals surface area contributed by atoms with Crippen molar-refractivity contribution in [3.63, 3.8) is 0 Å². The summed E-state index contributed by atoms with van der Waals surface area (Å²) in [4.78, 5) is 24.2. The van der Waals surface area contributed by atoms with Gasteiger partial charge in [0.25, 0.3) is 0 Å². The van der Waals surface area contributed by atoms with Crippen molar-refractivity contribution in [2.75, 3.05) is 13.1 Å². The van der Waals surface area contributed by atoms with Crippen molar-refractivity contribution in [1.29, 1.82) is 0 Å². The number of hydrogen-bond donors (Lipinski definition) is 0. The van der Waals surface area contributed by atoms with E-state index in [0.717, 1.165) is 0 Å². The van der Waals surface area contributed by atoms with Gasteiger partial charge in [-0.3, -0.25) is 10.1 Å². The van der Waals surface area contributed by atoms with Crippen molar-refractivity contribution in [3.8, 4) is 5.75 Å². The van der Waals surface area contributed by atoms with Crippen LogP contribution in [0, 0.1) is 10.1 Å². The summed E-state index contributed by atoms with van der Waals surface area (Å²) in [6, 6.07) is 4.33. The summed E-state index contributed by atoms with van der Waals surface area (Å²) < 4.78 is 11.1. The molecule has 0 bridgehead atoms. The van der Waals surface area contributed by atoms with E-state index in [-0.39, 0.29) is 28.7 Å². The van der Waals surface area contributed by atoms with E-state index in [1.807, 2.05) is 34.6 Å². The quantitative estimate of drug-likeness (QED) is 0.536. The van der Waals surface area contributed by atoms with Gasteiger partial charge in [-0.2, -0.15) is 0 Å². The van der Waals surface area contributed by atoms with Gasteiger partial charge in [-0.1, -0.05) is 25.4 Å². The second-order valence-electron chi connectivity index (χ2n) is 6.65. The molecular weight excluding hydrogens is 360 g/mol. The zero-order valence-electron chi connectivity index (χ0n) is 16.0. The summed E-state index contributed by atoms with van der Waals surface area (Å²) in [6.07, 6.45) is 0.625. The first-order valence-electron chi connectivity index (χ1n) is 8.74. The number of likely N-dealkylation sites (tertiary alicyclic amines) is 1. The summed E-state index contributed by atoms with van der Waals surface area (Å²) in [5, 5.41) is 11.4. The second-order valence-corrected chi connectivity index (χ2v) is 7.09. The van der Waals surface area contributed by atoms with Gasteiger partial charge in [0.2, 0.25) is 0 Å². The van der Waals surface area contributed by atoms with E-state index in [2.05, 4.69) is 0 Å². The number of nitro groups is 1. The Bertz CT molecular complexity index is 622. The molecule has 1 aliphatic heterocycles. The smallest absolute Gasteiger partial charge is 0.410 e. The van der Waals surface area contributed by atoms with Gasteiger partial charge in [0.1, 0.15) is 11.7 Å². The first kappa shape index (κ1) is 22.0. The molecule has 1 heterocycles. The molecule has 26 heavy (non-hydrogen) atoms. The van der Waals surface area contributed by atoms with Gasteiger partial charge in [-0.05, 0) is 32.9 Å². The lowest BCUT2D eigenvalue weighted by molar-refractivity contribution is -0.386. The van der Waals surface area contributed by atoms with E-state index in [9.17, 15) is 14.9 Å². The number of benzene rings is 1. The first-order valence-corrected chi connectivity index (χ1v) is 9.12.